The summed E-state index contributed by atoms with van der Waals surface area (Å²) in [5.74, 6) is -0.385. The molecule has 1 aromatic carbocycles. The third-order valence-electron chi connectivity index (χ3n) is 3.50. The zero-order chi connectivity index (χ0) is 14.5. The van der Waals surface area contributed by atoms with Crippen LogP contribution < -0.4 is 0 Å². The summed E-state index contributed by atoms with van der Waals surface area (Å²) in [5, 5.41) is 8.80. The highest BCUT2D eigenvalue weighted by Gasteiger charge is 2.22. The Hall–Kier alpha value is -1.93. The molecule has 4 nitrogen and oxygen atoms in total. The quantitative estimate of drug-likeness (QED) is 0.844. The predicted octanol–water partition coefficient (Wildman–Crippen LogP) is 1.74. The van der Waals surface area contributed by atoms with Crippen LogP contribution in [-0.2, 0) is 0 Å². The first-order valence-corrected chi connectivity index (χ1v) is 6.77. The summed E-state index contributed by atoms with van der Waals surface area (Å²) in [5.41, 5.74) is 0.519. The minimum absolute atomic E-state index is 0.00866. The van der Waals surface area contributed by atoms with E-state index in [2.05, 4.69) is 11.0 Å². The van der Waals surface area contributed by atoms with Crippen LogP contribution in [0.5, 0.6) is 0 Å². The van der Waals surface area contributed by atoms with E-state index in [0.717, 1.165) is 19.6 Å². The number of piperazine rings is 1. The number of rotatable bonds is 3. The molecular weight excluding hydrogens is 257 g/mol. The van der Waals surface area contributed by atoms with Crippen LogP contribution in [0.4, 0.5) is 4.39 Å². The molecule has 0 N–H and O–H groups in total. The molecule has 0 bridgehead atoms. The van der Waals surface area contributed by atoms with Gasteiger partial charge in [-0.2, -0.15) is 5.26 Å². The molecule has 5 heteroatoms. The van der Waals surface area contributed by atoms with Gasteiger partial charge < -0.3 is 4.90 Å². The highest BCUT2D eigenvalue weighted by Crippen LogP contribution is 2.11. The molecule has 0 radical (unpaired) electrons. The molecule has 2 rings (SSSR count). The summed E-state index contributed by atoms with van der Waals surface area (Å²) in [7, 11) is 0. The molecule has 1 heterocycles. The standard InChI is InChI=1S/C15H18FN3O/c1-12(10-17)11-18-6-8-19(9-7-18)15(20)13-2-4-14(16)5-3-13/h2-5,12H,6-9,11H2,1H3. The maximum absolute atomic E-state index is 12.8. The van der Waals surface area contributed by atoms with Crippen LogP contribution in [0.25, 0.3) is 0 Å². The number of halogens is 1. The first-order valence-electron chi connectivity index (χ1n) is 6.77. The second-order valence-corrected chi connectivity index (χ2v) is 5.13. The van der Waals surface area contributed by atoms with Gasteiger partial charge in [0.05, 0.1) is 12.0 Å². The Morgan fingerprint density at radius 3 is 2.45 bits per heavy atom. The normalized spacial score (nSPS) is 17.6. The van der Waals surface area contributed by atoms with E-state index in [9.17, 15) is 9.18 Å². The van der Waals surface area contributed by atoms with Crippen molar-refractivity contribution in [2.75, 3.05) is 32.7 Å². The van der Waals surface area contributed by atoms with Crippen molar-refractivity contribution in [3.8, 4) is 6.07 Å². The highest BCUT2D eigenvalue weighted by atomic mass is 19.1. The average Bonchev–Trinajstić information content (AvgIpc) is 2.48. The van der Waals surface area contributed by atoms with Crippen molar-refractivity contribution >= 4 is 5.91 Å². The van der Waals surface area contributed by atoms with Crippen LogP contribution in [0, 0.1) is 23.1 Å². The Balaban J connectivity index is 1.89. The number of hydrogen-bond acceptors (Lipinski definition) is 3. The Morgan fingerprint density at radius 1 is 1.30 bits per heavy atom. The molecule has 0 spiro atoms. The predicted molar refractivity (Wildman–Crippen MR) is 73.5 cm³/mol. The zero-order valence-electron chi connectivity index (χ0n) is 11.6. The van der Waals surface area contributed by atoms with Crippen LogP contribution in [0.1, 0.15) is 17.3 Å². The van der Waals surface area contributed by atoms with Crippen LogP contribution >= 0.6 is 0 Å². The Kier molecular flexibility index (Phi) is 4.70. The van der Waals surface area contributed by atoms with Crippen molar-refractivity contribution in [1.82, 2.24) is 9.80 Å². The van der Waals surface area contributed by atoms with Gasteiger partial charge in [-0.25, -0.2) is 4.39 Å². The molecule has 0 aliphatic carbocycles. The lowest BCUT2D eigenvalue weighted by molar-refractivity contribution is 0.0629. The fourth-order valence-corrected chi connectivity index (χ4v) is 2.34. The van der Waals surface area contributed by atoms with E-state index in [0.29, 0.717) is 18.7 Å². The van der Waals surface area contributed by atoms with Gasteiger partial charge in [-0.3, -0.25) is 9.69 Å². The van der Waals surface area contributed by atoms with Crippen LogP contribution in [-0.4, -0.2) is 48.4 Å². The first-order chi connectivity index (χ1) is 9.60. The van der Waals surface area contributed by atoms with Crippen molar-refractivity contribution in [2.45, 2.75) is 6.92 Å². The monoisotopic (exact) mass is 275 g/mol. The summed E-state index contributed by atoms with van der Waals surface area (Å²) in [4.78, 5) is 16.2. The summed E-state index contributed by atoms with van der Waals surface area (Å²) >= 11 is 0. The van der Waals surface area contributed by atoms with Gasteiger partial charge in [0.15, 0.2) is 0 Å². The Bertz CT molecular complexity index is 501. The van der Waals surface area contributed by atoms with Gasteiger partial charge in [0, 0.05) is 38.3 Å². The van der Waals surface area contributed by atoms with E-state index in [1.54, 1.807) is 4.90 Å². The Morgan fingerprint density at radius 2 is 1.90 bits per heavy atom. The fraction of sp³-hybridized carbons (Fsp3) is 0.467. The number of benzene rings is 1. The third-order valence-corrected chi connectivity index (χ3v) is 3.50. The van der Waals surface area contributed by atoms with E-state index in [1.165, 1.54) is 24.3 Å². The minimum Gasteiger partial charge on any atom is -0.336 e. The molecule has 0 saturated carbocycles. The first kappa shape index (κ1) is 14.5. The maximum atomic E-state index is 12.8. The number of carbonyl (C=O) groups excluding carboxylic acids is 1. The number of carbonyl (C=O) groups is 1. The third kappa shape index (κ3) is 3.55. The molecule has 0 aromatic heterocycles. The summed E-state index contributed by atoms with van der Waals surface area (Å²) < 4.78 is 12.8. The molecule has 20 heavy (non-hydrogen) atoms. The number of nitrogens with zero attached hydrogens (tertiary/aromatic N) is 3. The van der Waals surface area contributed by atoms with Gasteiger partial charge in [0.25, 0.3) is 5.91 Å². The van der Waals surface area contributed by atoms with Crippen LogP contribution in [0.15, 0.2) is 24.3 Å². The molecule has 1 aliphatic rings. The van der Waals surface area contributed by atoms with Crippen molar-refractivity contribution in [3.05, 3.63) is 35.6 Å². The van der Waals surface area contributed by atoms with Gasteiger partial charge >= 0.3 is 0 Å². The van der Waals surface area contributed by atoms with E-state index < -0.39 is 0 Å². The van der Waals surface area contributed by atoms with Crippen molar-refractivity contribution in [1.29, 1.82) is 5.26 Å². The average molecular weight is 275 g/mol. The molecule has 1 unspecified atom stereocenters. The topological polar surface area (TPSA) is 47.3 Å². The van der Waals surface area contributed by atoms with E-state index in [4.69, 9.17) is 5.26 Å². The second kappa shape index (κ2) is 6.49. The smallest absolute Gasteiger partial charge is 0.253 e. The van der Waals surface area contributed by atoms with Gasteiger partial charge in [-0.05, 0) is 31.2 Å². The lowest BCUT2D eigenvalue weighted by Crippen LogP contribution is -2.49. The van der Waals surface area contributed by atoms with Gasteiger partial charge in [-0.1, -0.05) is 0 Å². The SMILES string of the molecule is CC(C#N)CN1CCN(C(=O)c2ccc(F)cc2)CC1. The van der Waals surface area contributed by atoms with E-state index in [1.807, 2.05) is 6.92 Å². The van der Waals surface area contributed by atoms with Crippen molar-refractivity contribution in [2.24, 2.45) is 5.92 Å². The molecule has 1 amide bonds. The summed E-state index contributed by atoms with van der Waals surface area (Å²) in [6, 6.07) is 7.86. The molecule has 1 atom stereocenters. The number of hydrogen-bond donors (Lipinski definition) is 0. The molecule has 1 fully saturated rings. The lowest BCUT2D eigenvalue weighted by Gasteiger charge is -2.35. The molecule has 1 saturated heterocycles. The van der Waals surface area contributed by atoms with Gasteiger partial charge in [-0.15, -0.1) is 0 Å². The molecular formula is C15H18FN3O. The molecule has 106 valence electrons. The van der Waals surface area contributed by atoms with Crippen molar-refractivity contribution in [3.63, 3.8) is 0 Å². The second-order valence-electron chi connectivity index (χ2n) is 5.13. The van der Waals surface area contributed by atoms with Crippen LogP contribution in [0.2, 0.25) is 0 Å². The van der Waals surface area contributed by atoms with E-state index >= 15 is 0 Å². The zero-order valence-corrected chi connectivity index (χ0v) is 11.6. The lowest BCUT2D eigenvalue weighted by atomic mass is 10.1. The largest absolute Gasteiger partial charge is 0.336 e. The summed E-state index contributed by atoms with van der Waals surface area (Å²) in [6.45, 7) is 5.49. The molecule has 1 aliphatic heterocycles. The van der Waals surface area contributed by atoms with Gasteiger partial charge in [0.1, 0.15) is 5.82 Å². The van der Waals surface area contributed by atoms with E-state index in [-0.39, 0.29) is 17.6 Å². The summed E-state index contributed by atoms with van der Waals surface area (Å²) in [6.07, 6.45) is 0. The Labute approximate surface area is 118 Å². The maximum Gasteiger partial charge on any atom is 0.253 e. The number of amides is 1. The highest BCUT2D eigenvalue weighted by molar-refractivity contribution is 5.94. The van der Waals surface area contributed by atoms with Crippen LogP contribution in [0.3, 0.4) is 0 Å². The van der Waals surface area contributed by atoms with Gasteiger partial charge in [0.2, 0.25) is 0 Å². The molecule has 1 aromatic rings. The number of nitriles is 1. The fourth-order valence-electron chi connectivity index (χ4n) is 2.34. The minimum atomic E-state index is -0.336. The van der Waals surface area contributed by atoms with Crippen molar-refractivity contribution < 1.29 is 9.18 Å².